The number of piperazine rings is 1. The summed E-state index contributed by atoms with van der Waals surface area (Å²) in [6.07, 6.45) is -16.3. The van der Waals surface area contributed by atoms with E-state index in [1.807, 2.05) is 36.4 Å². The fourth-order valence-electron chi connectivity index (χ4n) is 11.5. The summed E-state index contributed by atoms with van der Waals surface area (Å²) in [6.45, 7) is 4.13. The van der Waals surface area contributed by atoms with Crippen molar-refractivity contribution in [1.82, 2.24) is 39.8 Å². The molecule has 0 bridgehead atoms. The van der Waals surface area contributed by atoms with Crippen molar-refractivity contribution in [2.75, 3.05) is 57.8 Å². The van der Waals surface area contributed by atoms with Gasteiger partial charge in [0.05, 0.1) is 59.1 Å². The van der Waals surface area contributed by atoms with Crippen molar-refractivity contribution in [3.05, 3.63) is 72.6 Å². The first kappa shape index (κ1) is 58.4. The van der Waals surface area contributed by atoms with E-state index < -0.39 is 116 Å². The van der Waals surface area contributed by atoms with Crippen molar-refractivity contribution < 1.29 is 63.8 Å². The van der Waals surface area contributed by atoms with Crippen molar-refractivity contribution in [3.8, 4) is 28.5 Å². The zero-order valence-electron chi connectivity index (χ0n) is 45.4. The number of hydrogen-bond donors (Lipinski definition) is 14. The summed E-state index contributed by atoms with van der Waals surface area (Å²) in [7, 11) is 2.16. The SMILES string of the molecule is CN1CCN(c2ccc3nc(-c4ccc5nc(-c6ccc(OCCCCc7cn(C[C@H]8O[C@@H](O[C@@H]9[C@@H](O)[C@H](N)C[C@H](N)[C@H]9O[C@H]9O[C@H](CN)[C@@H](O)[C@H](O)[C@H]9N)[C@H](O)[C@@H]8O[C@H]8OC(CN)[C@@H](O)[C@H](O)[C@H]8N)nn7)cc6)[nH]c5c4)[nH]c3c2)CC1. The Kier molecular flexibility index (Phi) is 17.8. The summed E-state index contributed by atoms with van der Waals surface area (Å²) >= 11 is 0. The average Bonchev–Trinajstić information content (AvgIpc) is 4.47. The molecule has 28 heteroatoms. The lowest BCUT2D eigenvalue weighted by molar-refractivity contribution is -0.306. The molecule has 1 saturated carbocycles. The minimum absolute atomic E-state index is 0.0469. The highest BCUT2D eigenvalue weighted by Gasteiger charge is 2.55. The minimum Gasteiger partial charge on any atom is -0.494 e. The van der Waals surface area contributed by atoms with Gasteiger partial charge in [0.1, 0.15) is 84.5 Å². The van der Waals surface area contributed by atoms with Crippen molar-refractivity contribution in [3.63, 3.8) is 0 Å². The molecule has 1 aliphatic carbocycles. The first-order valence-corrected chi connectivity index (χ1v) is 28.0. The van der Waals surface area contributed by atoms with E-state index in [2.05, 4.69) is 61.4 Å². The number of nitrogens with one attached hydrogen (secondary N) is 2. The molecule has 1 unspecified atom stereocenters. The Bertz CT molecular complexity index is 3050. The Labute approximate surface area is 471 Å². The minimum atomic E-state index is -1.62. The number of hydrogen-bond acceptors (Lipinski definition) is 25. The molecule has 0 amide bonds. The van der Waals surface area contributed by atoms with Gasteiger partial charge in [-0.3, -0.25) is 0 Å². The average molecular weight is 1140 g/mol. The van der Waals surface area contributed by atoms with Gasteiger partial charge in [-0.1, -0.05) is 5.21 Å². The first-order chi connectivity index (χ1) is 39.5. The Morgan fingerprint density at radius 2 is 1.20 bits per heavy atom. The highest BCUT2D eigenvalue weighted by molar-refractivity contribution is 5.87. The molecule has 4 saturated heterocycles. The number of aromatic nitrogens is 7. The molecule has 82 heavy (non-hydrogen) atoms. The molecule has 11 rings (SSSR count). The van der Waals surface area contributed by atoms with Gasteiger partial charge in [-0.25, -0.2) is 14.6 Å². The standard InChI is InChI=1S/C54H77N15O13/c1-67-13-15-68(16-14-67)28-8-12-33-35(19-28)64-51(62-33)26-7-11-32-34(18-26)63-50(61-32)25-5-9-29(10-6-25)76-17-3-2-4-27-23-69(66-65-27)24-38-48(81-53-40(60)45(74)43(72)37(22-56)78-53)46(75)54(79-38)82-49-41(70)30(57)20-31(58)47(49)80-52-39(59)44(73)42(71)36(21-55)77-52/h5-12,18-19,23,30-31,36-49,52-54,70-75H,2-4,13-17,20-22,24,55-60H2,1H3,(H,61,63)(H,62,64)/t30-,31+,36-,37?,38-,39-,40-,41+,42-,43-,44-,45-,46-,47-,48-,49-,52-,53-,54+/m1/s1. The number of H-pyrrole nitrogens is 2. The lowest BCUT2D eigenvalue weighted by Gasteiger charge is -2.47. The van der Waals surface area contributed by atoms with Crippen molar-refractivity contribution >= 4 is 27.8 Å². The van der Waals surface area contributed by atoms with E-state index in [0.29, 0.717) is 30.9 Å². The van der Waals surface area contributed by atoms with Crippen LogP contribution in [0, 0.1) is 0 Å². The van der Waals surface area contributed by atoms with Gasteiger partial charge in [-0.05, 0) is 93.4 Å². The van der Waals surface area contributed by atoms with Crippen LogP contribution in [0.5, 0.6) is 5.75 Å². The van der Waals surface area contributed by atoms with Crippen LogP contribution in [0.1, 0.15) is 25.0 Å². The molecule has 5 aliphatic rings. The highest BCUT2D eigenvalue weighted by atomic mass is 16.8. The van der Waals surface area contributed by atoms with E-state index in [-0.39, 0.29) is 26.1 Å². The van der Waals surface area contributed by atoms with Crippen LogP contribution in [0.15, 0.2) is 66.9 Å². The lowest BCUT2D eigenvalue weighted by Crippen LogP contribution is -2.68. The molecule has 3 aromatic carbocycles. The van der Waals surface area contributed by atoms with E-state index in [9.17, 15) is 30.6 Å². The number of aromatic amines is 2. The quantitative estimate of drug-likeness (QED) is 0.0352. The molecule has 0 radical (unpaired) electrons. The molecule has 5 fully saturated rings. The number of nitrogens with zero attached hydrogens (tertiary/aromatic N) is 7. The molecule has 0 spiro atoms. The maximum atomic E-state index is 11.9. The Balaban J connectivity index is 0.698. The van der Waals surface area contributed by atoms with Gasteiger partial charge < -0.3 is 118 Å². The van der Waals surface area contributed by atoms with Crippen LogP contribution in [-0.4, -0.2) is 240 Å². The van der Waals surface area contributed by atoms with Crippen LogP contribution in [0.25, 0.3) is 44.8 Å². The first-order valence-electron chi connectivity index (χ1n) is 28.0. The largest absolute Gasteiger partial charge is 0.494 e. The zero-order chi connectivity index (χ0) is 57.5. The Hall–Kier alpha value is -5.42. The van der Waals surface area contributed by atoms with Gasteiger partial charge in [-0.15, -0.1) is 5.10 Å². The number of aliphatic hydroxyl groups is 6. The summed E-state index contributed by atoms with van der Waals surface area (Å²) in [4.78, 5) is 21.5. The number of fused-ring (bicyclic) bond motifs is 2. The topological polar surface area (TPSA) is 437 Å². The van der Waals surface area contributed by atoms with Crippen LogP contribution >= 0.6 is 0 Å². The van der Waals surface area contributed by atoms with E-state index in [0.717, 1.165) is 77.4 Å². The molecule has 20 N–H and O–H groups in total. The zero-order valence-corrected chi connectivity index (χ0v) is 45.4. The number of imidazole rings is 2. The van der Waals surface area contributed by atoms with Gasteiger partial charge in [0.15, 0.2) is 18.9 Å². The van der Waals surface area contributed by atoms with Gasteiger partial charge in [0, 0.05) is 74.4 Å². The third-order valence-corrected chi connectivity index (χ3v) is 16.5. The number of unbranched alkanes of at least 4 members (excludes halogenated alkanes) is 1. The number of ether oxygens (including phenoxy) is 7. The van der Waals surface area contributed by atoms with E-state index >= 15 is 0 Å². The predicted octanol–water partition coefficient (Wildman–Crippen LogP) is -3.36. The second kappa shape index (κ2) is 25.0. The fraction of sp³-hybridized carbons (Fsp3) is 0.593. The number of rotatable bonds is 19. The fourth-order valence-corrected chi connectivity index (χ4v) is 11.5. The molecule has 6 aromatic rings. The molecular weight excluding hydrogens is 1070 g/mol. The summed E-state index contributed by atoms with van der Waals surface area (Å²) in [5.74, 6) is 2.25. The van der Waals surface area contributed by atoms with E-state index in [1.54, 1.807) is 6.20 Å². The summed E-state index contributed by atoms with van der Waals surface area (Å²) in [5, 5.41) is 74.6. The summed E-state index contributed by atoms with van der Waals surface area (Å²) in [6, 6.07) is 16.0. The highest BCUT2D eigenvalue weighted by Crippen LogP contribution is 2.36. The van der Waals surface area contributed by atoms with Crippen molar-refractivity contribution in [2.24, 2.45) is 34.4 Å². The molecular formula is C54H77N15O13. The molecule has 28 nitrogen and oxygen atoms in total. The maximum absolute atomic E-state index is 11.9. The number of aryl methyl sites for hydroxylation is 1. The van der Waals surface area contributed by atoms with E-state index in [4.69, 9.17) is 77.5 Å². The Morgan fingerprint density at radius 1 is 0.610 bits per heavy atom. The monoisotopic (exact) mass is 1140 g/mol. The third-order valence-electron chi connectivity index (χ3n) is 16.5. The molecule has 19 atom stereocenters. The summed E-state index contributed by atoms with van der Waals surface area (Å²) in [5.41, 5.74) is 44.4. The van der Waals surface area contributed by atoms with Crippen LogP contribution < -0.4 is 44.0 Å². The van der Waals surface area contributed by atoms with Gasteiger partial charge in [0.2, 0.25) is 0 Å². The number of likely N-dealkylation sites (N-methyl/N-ethyl adjacent to an activating group) is 1. The number of benzene rings is 3. The van der Waals surface area contributed by atoms with Gasteiger partial charge in [0.25, 0.3) is 0 Å². The Morgan fingerprint density at radius 3 is 1.85 bits per heavy atom. The lowest BCUT2D eigenvalue weighted by atomic mass is 9.84. The molecule has 3 aromatic heterocycles. The third kappa shape index (κ3) is 12.2. The second-order valence-electron chi connectivity index (χ2n) is 22.2. The van der Waals surface area contributed by atoms with Crippen LogP contribution in [0.3, 0.4) is 0 Å². The maximum Gasteiger partial charge on any atom is 0.187 e. The van der Waals surface area contributed by atoms with Crippen molar-refractivity contribution in [2.45, 2.75) is 149 Å². The van der Waals surface area contributed by atoms with Crippen LogP contribution in [-0.2, 0) is 41.4 Å². The molecule has 4 aliphatic heterocycles. The number of nitrogens with two attached hydrogens (primary N) is 6. The second-order valence-corrected chi connectivity index (χ2v) is 22.2. The number of anilines is 1. The predicted molar refractivity (Wildman–Crippen MR) is 296 cm³/mol. The van der Waals surface area contributed by atoms with Crippen LogP contribution in [0.2, 0.25) is 0 Å². The number of aliphatic hydroxyl groups excluding tert-OH is 6. The smallest absolute Gasteiger partial charge is 0.187 e. The van der Waals surface area contributed by atoms with Crippen LogP contribution in [0.4, 0.5) is 5.69 Å². The van der Waals surface area contributed by atoms with Gasteiger partial charge >= 0.3 is 0 Å². The van der Waals surface area contributed by atoms with Gasteiger partial charge in [-0.2, -0.15) is 0 Å². The molecule has 446 valence electrons. The normalized spacial score (nSPS) is 34.8. The van der Waals surface area contributed by atoms with E-state index in [1.165, 1.54) is 10.4 Å². The summed E-state index contributed by atoms with van der Waals surface area (Å²) < 4.78 is 44.4. The van der Waals surface area contributed by atoms with Crippen molar-refractivity contribution in [1.29, 1.82) is 0 Å². The molecule has 7 heterocycles.